The Hall–Kier alpha value is -1.25. The van der Waals surface area contributed by atoms with Crippen LogP contribution in [0.4, 0.5) is 0 Å². The number of hydrogen-bond donors (Lipinski definition) is 1. The van der Waals surface area contributed by atoms with Crippen molar-refractivity contribution in [3.05, 3.63) is 28.0 Å². The Kier molecular flexibility index (Phi) is 3.39. The summed E-state index contributed by atoms with van der Waals surface area (Å²) in [6.07, 6.45) is 3.68. The van der Waals surface area contributed by atoms with E-state index in [4.69, 9.17) is 5.11 Å². The molecule has 0 atom stereocenters. The summed E-state index contributed by atoms with van der Waals surface area (Å²) in [6.45, 7) is -0.235. The first-order valence-corrected chi connectivity index (χ1v) is 8.83. The minimum atomic E-state index is -3.54. The largest absolute Gasteiger partial charge is 0.390 e. The Morgan fingerprint density at radius 1 is 1.50 bits per heavy atom. The highest BCUT2D eigenvalue weighted by atomic mass is 32.2. The van der Waals surface area contributed by atoms with E-state index in [-0.39, 0.29) is 17.5 Å². The van der Waals surface area contributed by atoms with Crippen molar-refractivity contribution in [1.29, 1.82) is 0 Å². The smallest absolute Gasteiger partial charge is 0.228 e. The van der Waals surface area contributed by atoms with Gasteiger partial charge in [0, 0.05) is 18.3 Å². The first kappa shape index (κ1) is 13.7. The molecule has 1 aliphatic carbocycles. The van der Waals surface area contributed by atoms with Gasteiger partial charge in [0.15, 0.2) is 0 Å². The van der Waals surface area contributed by atoms with E-state index in [1.165, 1.54) is 22.1 Å². The van der Waals surface area contributed by atoms with E-state index in [1.54, 1.807) is 12.4 Å². The number of rotatable bonds is 5. The second kappa shape index (κ2) is 4.94. The van der Waals surface area contributed by atoms with Crippen LogP contribution < -0.4 is 0 Å². The van der Waals surface area contributed by atoms with Gasteiger partial charge in [0.25, 0.3) is 0 Å². The number of aromatic nitrogens is 3. The van der Waals surface area contributed by atoms with Gasteiger partial charge < -0.3 is 9.67 Å². The zero-order chi connectivity index (χ0) is 14.3. The minimum Gasteiger partial charge on any atom is -0.390 e. The van der Waals surface area contributed by atoms with Gasteiger partial charge in [-0.3, -0.25) is 0 Å². The standard InChI is InChI=1S/C12H15N3O3S2/c1-15-10(5-16)4-13-12(15)20(17,18)7-9-6-19-11(14-9)8-2-3-8/h4,6,8,16H,2-3,5,7H2,1H3. The van der Waals surface area contributed by atoms with Gasteiger partial charge in [0.1, 0.15) is 5.75 Å². The summed E-state index contributed by atoms with van der Waals surface area (Å²) in [6, 6.07) is 0. The molecule has 1 saturated carbocycles. The molecule has 0 amide bonds. The highest BCUT2D eigenvalue weighted by Gasteiger charge is 2.28. The Labute approximate surface area is 121 Å². The van der Waals surface area contributed by atoms with Gasteiger partial charge in [0.2, 0.25) is 15.0 Å². The Morgan fingerprint density at radius 3 is 2.85 bits per heavy atom. The zero-order valence-electron chi connectivity index (χ0n) is 11.0. The molecule has 3 rings (SSSR count). The van der Waals surface area contributed by atoms with Gasteiger partial charge in [-0.25, -0.2) is 18.4 Å². The van der Waals surface area contributed by atoms with E-state index in [2.05, 4.69) is 9.97 Å². The lowest BCUT2D eigenvalue weighted by Gasteiger charge is -2.04. The van der Waals surface area contributed by atoms with Gasteiger partial charge in [0.05, 0.1) is 29.2 Å². The van der Waals surface area contributed by atoms with E-state index < -0.39 is 9.84 Å². The third-order valence-electron chi connectivity index (χ3n) is 3.32. The second-order valence-electron chi connectivity index (χ2n) is 4.96. The number of nitrogens with zero attached hydrogens (tertiary/aromatic N) is 3. The van der Waals surface area contributed by atoms with Gasteiger partial charge in [-0.15, -0.1) is 11.3 Å². The van der Waals surface area contributed by atoms with Gasteiger partial charge in [-0.05, 0) is 12.8 Å². The maximum absolute atomic E-state index is 12.3. The van der Waals surface area contributed by atoms with Crippen LogP contribution in [0.15, 0.2) is 16.7 Å². The zero-order valence-corrected chi connectivity index (χ0v) is 12.6. The van der Waals surface area contributed by atoms with Crippen LogP contribution in [0.3, 0.4) is 0 Å². The number of hydrogen-bond acceptors (Lipinski definition) is 6. The number of aliphatic hydroxyl groups excluding tert-OH is 1. The van der Waals surface area contributed by atoms with Crippen LogP contribution >= 0.6 is 11.3 Å². The predicted octanol–water partition coefficient (Wildman–Crippen LogP) is 1.22. The predicted molar refractivity (Wildman–Crippen MR) is 74.1 cm³/mol. The van der Waals surface area contributed by atoms with E-state index in [9.17, 15) is 8.42 Å². The van der Waals surface area contributed by atoms with Crippen molar-refractivity contribution in [2.45, 2.75) is 36.3 Å². The molecule has 20 heavy (non-hydrogen) atoms. The van der Waals surface area contributed by atoms with E-state index >= 15 is 0 Å². The third kappa shape index (κ3) is 2.50. The molecular formula is C12H15N3O3S2. The Balaban J connectivity index is 1.85. The number of sulfone groups is 1. The Morgan fingerprint density at radius 2 is 2.25 bits per heavy atom. The van der Waals surface area contributed by atoms with Crippen molar-refractivity contribution in [1.82, 2.24) is 14.5 Å². The molecule has 0 saturated heterocycles. The van der Waals surface area contributed by atoms with Gasteiger partial charge >= 0.3 is 0 Å². The highest BCUT2D eigenvalue weighted by Crippen LogP contribution is 2.41. The van der Waals surface area contributed by atoms with E-state index in [1.807, 2.05) is 0 Å². The highest BCUT2D eigenvalue weighted by molar-refractivity contribution is 7.90. The first-order valence-electron chi connectivity index (χ1n) is 6.30. The number of aliphatic hydroxyl groups is 1. The maximum atomic E-state index is 12.3. The lowest BCUT2D eigenvalue weighted by molar-refractivity contribution is 0.271. The van der Waals surface area contributed by atoms with Crippen LogP contribution in [-0.4, -0.2) is 28.1 Å². The average Bonchev–Trinajstić information content (AvgIpc) is 3.03. The lowest BCUT2D eigenvalue weighted by atomic mass is 10.4. The molecular weight excluding hydrogens is 298 g/mol. The molecule has 0 spiro atoms. The summed E-state index contributed by atoms with van der Waals surface area (Å²) in [5, 5.41) is 11.9. The van der Waals surface area contributed by atoms with Crippen LogP contribution in [-0.2, 0) is 29.2 Å². The molecule has 1 N–H and O–H groups in total. The van der Waals surface area contributed by atoms with Crippen molar-refractivity contribution in [3.63, 3.8) is 0 Å². The Bertz CT molecular complexity index is 729. The SMILES string of the molecule is Cn1c(CO)cnc1S(=O)(=O)Cc1csc(C2CC2)n1. The van der Waals surface area contributed by atoms with Gasteiger partial charge in [-0.2, -0.15) is 0 Å². The molecule has 0 bridgehead atoms. The summed E-state index contributed by atoms with van der Waals surface area (Å²) in [5.74, 6) is 0.386. The van der Waals surface area contributed by atoms with E-state index in [0.717, 1.165) is 17.8 Å². The fraction of sp³-hybridized carbons (Fsp3) is 0.500. The fourth-order valence-electron chi connectivity index (χ4n) is 2.03. The molecule has 2 heterocycles. The summed E-state index contributed by atoms with van der Waals surface area (Å²) >= 11 is 1.53. The van der Waals surface area contributed by atoms with Crippen LogP contribution in [0, 0.1) is 0 Å². The topological polar surface area (TPSA) is 85.1 Å². The lowest BCUT2D eigenvalue weighted by Crippen LogP contribution is -2.12. The maximum Gasteiger partial charge on any atom is 0.228 e. The third-order valence-corrected chi connectivity index (χ3v) is 5.98. The fourth-order valence-corrected chi connectivity index (χ4v) is 4.54. The van der Waals surface area contributed by atoms with E-state index in [0.29, 0.717) is 17.3 Å². The van der Waals surface area contributed by atoms with Crippen molar-refractivity contribution in [3.8, 4) is 0 Å². The molecule has 2 aromatic rings. The molecule has 0 radical (unpaired) electrons. The average molecular weight is 313 g/mol. The van der Waals surface area contributed by atoms with Crippen molar-refractivity contribution in [2.24, 2.45) is 7.05 Å². The van der Waals surface area contributed by atoms with Crippen LogP contribution in [0.1, 0.15) is 35.2 Å². The molecule has 0 aliphatic heterocycles. The molecule has 0 aromatic carbocycles. The van der Waals surface area contributed by atoms with Crippen molar-refractivity contribution in [2.75, 3.05) is 0 Å². The summed E-state index contributed by atoms with van der Waals surface area (Å²) in [4.78, 5) is 8.29. The first-order chi connectivity index (χ1) is 9.51. The molecule has 8 heteroatoms. The quantitative estimate of drug-likeness (QED) is 0.897. The van der Waals surface area contributed by atoms with Crippen molar-refractivity contribution < 1.29 is 13.5 Å². The second-order valence-corrected chi connectivity index (χ2v) is 7.73. The molecule has 1 aliphatic rings. The van der Waals surface area contributed by atoms with Crippen LogP contribution in [0.25, 0.3) is 0 Å². The number of thiazole rings is 1. The number of imidazole rings is 1. The minimum absolute atomic E-state index is 0.0254. The summed E-state index contributed by atoms with van der Waals surface area (Å²) < 4.78 is 26.1. The molecule has 2 aromatic heterocycles. The monoisotopic (exact) mass is 313 g/mol. The van der Waals surface area contributed by atoms with Crippen LogP contribution in [0.5, 0.6) is 0 Å². The van der Waals surface area contributed by atoms with Crippen LogP contribution in [0.2, 0.25) is 0 Å². The normalized spacial score (nSPS) is 15.7. The van der Waals surface area contributed by atoms with Crippen molar-refractivity contribution >= 4 is 21.2 Å². The molecule has 0 unspecified atom stereocenters. The van der Waals surface area contributed by atoms with Gasteiger partial charge in [-0.1, -0.05) is 0 Å². The summed E-state index contributed by atoms with van der Waals surface area (Å²) in [5.41, 5.74) is 1.05. The molecule has 108 valence electrons. The summed E-state index contributed by atoms with van der Waals surface area (Å²) in [7, 11) is -1.95. The molecule has 1 fully saturated rings. The molecule has 6 nitrogen and oxygen atoms in total.